The number of ether oxygens (including phenoxy) is 4. The van der Waals surface area contributed by atoms with Crippen LogP contribution in [0.5, 0.6) is 17.2 Å². The molecular formula is C31H42N4O6. The lowest BCUT2D eigenvalue weighted by Crippen LogP contribution is -2.52. The number of aromatic nitrogens is 2. The van der Waals surface area contributed by atoms with Crippen molar-refractivity contribution in [2.45, 2.75) is 39.0 Å². The molecule has 10 heteroatoms. The summed E-state index contributed by atoms with van der Waals surface area (Å²) in [6, 6.07) is 13.6. The SMILES string of the molecule is CCc1nccn1CCOc1cc(CN2CCN(C(=O)COC)C[C@@](O)(COc3ccc(C)cc3)C2)ccc1OC. The maximum Gasteiger partial charge on any atom is 0.248 e. The van der Waals surface area contributed by atoms with Crippen LogP contribution < -0.4 is 14.2 Å². The standard InChI is InChI=1S/C31H42N4O6/c1-5-29-32-12-13-34(29)16-17-40-28-18-25(8-11-27(28)39-4)19-33-14-15-35(30(36)20-38-3)22-31(37,21-33)23-41-26-9-6-24(2)7-10-26/h6-13,18,37H,5,14-17,19-23H2,1-4H3/t31-/m1/s1. The van der Waals surface area contributed by atoms with Crippen LogP contribution in [0.25, 0.3) is 0 Å². The highest BCUT2D eigenvalue weighted by Crippen LogP contribution is 2.29. The maximum atomic E-state index is 12.8. The summed E-state index contributed by atoms with van der Waals surface area (Å²) in [6.07, 6.45) is 4.62. The Bertz CT molecular complexity index is 1260. The molecule has 0 bridgehead atoms. The van der Waals surface area contributed by atoms with E-state index in [1.165, 1.54) is 7.11 Å². The van der Waals surface area contributed by atoms with E-state index in [0.717, 1.165) is 23.4 Å². The molecule has 1 aliphatic heterocycles. The van der Waals surface area contributed by atoms with E-state index in [1.54, 1.807) is 18.2 Å². The lowest BCUT2D eigenvalue weighted by atomic mass is 10.0. The van der Waals surface area contributed by atoms with Crippen molar-refractivity contribution >= 4 is 5.91 Å². The molecule has 1 aromatic heterocycles. The maximum absolute atomic E-state index is 12.8. The van der Waals surface area contributed by atoms with Crippen molar-refractivity contribution in [2.75, 3.05) is 60.2 Å². The Morgan fingerprint density at radius 3 is 2.59 bits per heavy atom. The summed E-state index contributed by atoms with van der Waals surface area (Å²) in [4.78, 5) is 20.9. The molecule has 4 rings (SSSR count). The summed E-state index contributed by atoms with van der Waals surface area (Å²) in [7, 11) is 3.12. The van der Waals surface area contributed by atoms with Crippen LogP contribution in [0.1, 0.15) is 23.9 Å². The van der Waals surface area contributed by atoms with Crippen LogP contribution in [0.3, 0.4) is 0 Å². The second kappa shape index (κ2) is 14.3. The average molecular weight is 567 g/mol. The predicted octanol–water partition coefficient (Wildman–Crippen LogP) is 2.94. The van der Waals surface area contributed by atoms with Crippen molar-refractivity contribution in [1.29, 1.82) is 0 Å². The zero-order valence-electron chi connectivity index (χ0n) is 24.5. The number of hydrogen-bond donors (Lipinski definition) is 1. The molecule has 10 nitrogen and oxygen atoms in total. The first-order valence-corrected chi connectivity index (χ1v) is 14.0. The van der Waals surface area contributed by atoms with Crippen molar-refractivity contribution in [1.82, 2.24) is 19.4 Å². The van der Waals surface area contributed by atoms with Gasteiger partial charge in [-0.1, -0.05) is 30.7 Å². The topological polar surface area (TPSA) is 98.5 Å². The molecule has 2 heterocycles. The van der Waals surface area contributed by atoms with E-state index < -0.39 is 5.60 Å². The van der Waals surface area contributed by atoms with Crippen LogP contribution >= 0.6 is 0 Å². The number of carbonyl (C=O) groups is 1. The number of imidazole rings is 1. The number of rotatable bonds is 13. The van der Waals surface area contributed by atoms with Crippen molar-refractivity contribution in [3.63, 3.8) is 0 Å². The first-order valence-electron chi connectivity index (χ1n) is 14.0. The van der Waals surface area contributed by atoms with Crippen LogP contribution in [0, 0.1) is 6.92 Å². The minimum Gasteiger partial charge on any atom is -0.493 e. The Morgan fingerprint density at radius 2 is 1.85 bits per heavy atom. The number of methoxy groups -OCH3 is 2. The van der Waals surface area contributed by atoms with Gasteiger partial charge in [0.05, 0.1) is 20.2 Å². The molecule has 1 atom stereocenters. The van der Waals surface area contributed by atoms with Gasteiger partial charge in [-0.05, 0) is 36.8 Å². The Morgan fingerprint density at radius 1 is 1.05 bits per heavy atom. The molecule has 1 fully saturated rings. The number of amides is 1. The molecule has 0 radical (unpaired) electrons. The fraction of sp³-hybridized carbons (Fsp3) is 0.484. The lowest BCUT2D eigenvalue weighted by Gasteiger charge is -2.33. The Labute approximate surface area is 242 Å². The van der Waals surface area contributed by atoms with Crippen molar-refractivity contribution in [3.05, 3.63) is 71.8 Å². The van der Waals surface area contributed by atoms with Gasteiger partial charge in [0.15, 0.2) is 11.5 Å². The summed E-state index contributed by atoms with van der Waals surface area (Å²) in [5.41, 5.74) is 0.859. The first-order chi connectivity index (χ1) is 19.8. The predicted molar refractivity (Wildman–Crippen MR) is 155 cm³/mol. The Balaban J connectivity index is 1.46. The van der Waals surface area contributed by atoms with E-state index in [1.807, 2.05) is 55.6 Å². The third-order valence-electron chi connectivity index (χ3n) is 7.18. The second-order valence-electron chi connectivity index (χ2n) is 10.5. The monoisotopic (exact) mass is 566 g/mol. The molecule has 0 spiro atoms. The number of nitrogens with zero attached hydrogens (tertiary/aromatic N) is 4. The van der Waals surface area contributed by atoms with Gasteiger partial charge < -0.3 is 33.5 Å². The molecule has 0 saturated carbocycles. The van der Waals surface area contributed by atoms with E-state index in [-0.39, 0.29) is 25.7 Å². The summed E-state index contributed by atoms with van der Waals surface area (Å²) >= 11 is 0. The number of β-amino-alcohol motifs (C(OH)–C–C–N with tert-alkyl or cyclic N) is 1. The van der Waals surface area contributed by atoms with Gasteiger partial charge in [0, 0.05) is 52.1 Å². The molecule has 1 N–H and O–H groups in total. The fourth-order valence-electron chi connectivity index (χ4n) is 5.05. The zero-order chi connectivity index (χ0) is 29.2. The molecule has 3 aromatic rings. The van der Waals surface area contributed by atoms with Crippen LogP contribution in [0.4, 0.5) is 0 Å². The van der Waals surface area contributed by atoms with Crippen molar-refractivity contribution in [3.8, 4) is 17.2 Å². The summed E-state index contributed by atoms with van der Waals surface area (Å²) in [6.45, 7) is 7.36. The molecule has 0 unspecified atom stereocenters. The van der Waals surface area contributed by atoms with Gasteiger partial charge >= 0.3 is 0 Å². The Hall–Kier alpha value is -3.60. The number of benzene rings is 2. The molecule has 41 heavy (non-hydrogen) atoms. The molecule has 1 saturated heterocycles. The number of aryl methyl sites for hydroxylation is 2. The van der Waals surface area contributed by atoms with Gasteiger partial charge in [-0.15, -0.1) is 0 Å². The fourth-order valence-corrected chi connectivity index (χ4v) is 5.05. The number of hydrogen-bond acceptors (Lipinski definition) is 8. The molecule has 1 amide bonds. The minimum absolute atomic E-state index is 0.0348. The van der Waals surface area contributed by atoms with E-state index in [4.69, 9.17) is 18.9 Å². The summed E-state index contributed by atoms with van der Waals surface area (Å²) < 4.78 is 24.9. The molecule has 0 aliphatic carbocycles. The molecular weight excluding hydrogens is 524 g/mol. The van der Waals surface area contributed by atoms with Crippen LogP contribution in [0.15, 0.2) is 54.9 Å². The smallest absolute Gasteiger partial charge is 0.248 e. The zero-order valence-corrected chi connectivity index (χ0v) is 24.5. The highest BCUT2D eigenvalue weighted by molar-refractivity contribution is 5.77. The van der Waals surface area contributed by atoms with Crippen LogP contribution in [-0.4, -0.2) is 96.2 Å². The van der Waals surface area contributed by atoms with E-state index in [0.29, 0.717) is 56.6 Å². The van der Waals surface area contributed by atoms with Gasteiger partial charge in [-0.3, -0.25) is 9.69 Å². The first kappa shape index (κ1) is 30.4. The minimum atomic E-state index is -1.28. The third-order valence-corrected chi connectivity index (χ3v) is 7.18. The van der Waals surface area contributed by atoms with Crippen molar-refractivity contribution < 1.29 is 28.8 Å². The molecule has 222 valence electrons. The van der Waals surface area contributed by atoms with Crippen LogP contribution in [-0.2, 0) is 29.0 Å². The summed E-state index contributed by atoms with van der Waals surface area (Å²) in [5.74, 6) is 2.85. The van der Waals surface area contributed by atoms with Gasteiger partial charge in [-0.25, -0.2) is 4.98 Å². The van der Waals surface area contributed by atoms with Gasteiger partial charge in [0.25, 0.3) is 0 Å². The van der Waals surface area contributed by atoms with Crippen LogP contribution in [0.2, 0.25) is 0 Å². The van der Waals surface area contributed by atoms with Gasteiger partial charge in [-0.2, -0.15) is 0 Å². The van der Waals surface area contributed by atoms with E-state index >= 15 is 0 Å². The normalized spacial score (nSPS) is 17.7. The average Bonchev–Trinajstić information content (AvgIpc) is 3.35. The molecule has 1 aliphatic rings. The lowest BCUT2D eigenvalue weighted by molar-refractivity contribution is -0.138. The molecule has 2 aromatic carbocycles. The highest BCUT2D eigenvalue weighted by atomic mass is 16.5. The van der Waals surface area contributed by atoms with Crippen molar-refractivity contribution in [2.24, 2.45) is 0 Å². The summed E-state index contributed by atoms with van der Waals surface area (Å²) in [5, 5.41) is 11.7. The third kappa shape index (κ3) is 8.45. The highest BCUT2D eigenvalue weighted by Gasteiger charge is 2.37. The van der Waals surface area contributed by atoms with Gasteiger partial charge in [0.2, 0.25) is 5.91 Å². The van der Waals surface area contributed by atoms with Gasteiger partial charge in [0.1, 0.15) is 37.0 Å². The van der Waals surface area contributed by atoms with E-state index in [2.05, 4.69) is 21.4 Å². The Kier molecular flexibility index (Phi) is 10.6. The van der Waals surface area contributed by atoms with E-state index in [9.17, 15) is 9.90 Å². The quantitative estimate of drug-likeness (QED) is 0.337. The number of carbonyl (C=O) groups excluding carboxylic acids is 1. The number of aliphatic hydroxyl groups is 1. The largest absolute Gasteiger partial charge is 0.493 e. The second-order valence-corrected chi connectivity index (χ2v) is 10.5.